The summed E-state index contributed by atoms with van der Waals surface area (Å²) >= 11 is 0. The molecule has 24 heavy (non-hydrogen) atoms. The Morgan fingerprint density at radius 3 is 2.62 bits per heavy atom. The number of aldehydes is 1. The van der Waals surface area contributed by atoms with Crippen molar-refractivity contribution in [2.24, 2.45) is 5.92 Å². The second kappa shape index (κ2) is 7.27. The lowest BCUT2D eigenvalue weighted by atomic mass is 10.1. The van der Waals surface area contributed by atoms with Crippen LogP contribution in [0.4, 0.5) is 5.69 Å². The van der Waals surface area contributed by atoms with Crippen LogP contribution in [0.2, 0.25) is 18.1 Å². The largest absolute Gasteiger partial charge is 0.497 e. The van der Waals surface area contributed by atoms with Gasteiger partial charge in [-0.3, -0.25) is 4.79 Å². The fourth-order valence-corrected chi connectivity index (χ4v) is 3.84. The van der Waals surface area contributed by atoms with Crippen molar-refractivity contribution in [3.05, 3.63) is 23.8 Å². The number of ether oxygens (including phenoxy) is 1. The minimum atomic E-state index is -1.70. The summed E-state index contributed by atoms with van der Waals surface area (Å²) in [6.45, 7) is 14.1. The van der Waals surface area contributed by atoms with Gasteiger partial charge in [-0.1, -0.05) is 20.8 Å². The first-order valence-electron chi connectivity index (χ1n) is 8.70. The van der Waals surface area contributed by atoms with Crippen LogP contribution in [0.3, 0.4) is 0 Å². The van der Waals surface area contributed by atoms with Crippen LogP contribution < -0.4 is 9.64 Å². The quantitative estimate of drug-likeness (QED) is 0.565. The zero-order valence-corrected chi connectivity index (χ0v) is 16.9. The Labute approximate surface area is 147 Å². The van der Waals surface area contributed by atoms with E-state index in [-0.39, 0.29) is 5.04 Å². The van der Waals surface area contributed by atoms with E-state index >= 15 is 0 Å². The molecule has 0 aromatic heterocycles. The SMILES string of the molecule is COc1ccc(C=O)c(N2CCC(CO[Si](C)(C)C(C)(C)C)C2)c1. The van der Waals surface area contributed by atoms with Crippen LogP contribution in [0.15, 0.2) is 18.2 Å². The van der Waals surface area contributed by atoms with Crippen LogP contribution in [0, 0.1) is 5.92 Å². The van der Waals surface area contributed by atoms with E-state index in [1.807, 2.05) is 18.2 Å². The van der Waals surface area contributed by atoms with E-state index in [9.17, 15) is 4.79 Å². The van der Waals surface area contributed by atoms with E-state index < -0.39 is 8.32 Å². The summed E-state index contributed by atoms with van der Waals surface area (Å²) in [4.78, 5) is 13.6. The van der Waals surface area contributed by atoms with Crippen molar-refractivity contribution in [2.45, 2.75) is 45.3 Å². The molecule has 1 saturated heterocycles. The molecule has 0 aliphatic carbocycles. The Kier molecular flexibility index (Phi) is 5.76. The van der Waals surface area contributed by atoms with E-state index in [4.69, 9.17) is 9.16 Å². The smallest absolute Gasteiger partial charge is 0.191 e. The maximum atomic E-state index is 11.3. The molecule has 0 radical (unpaired) electrons. The first-order chi connectivity index (χ1) is 11.2. The lowest BCUT2D eigenvalue weighted by Crippen LogP contribution is -2.42. The minimum Gasteiger partial charge on any atom is -0.497 e. The molecule has 0 bridgehead atoms. The van der Waals surface area contributed by atoms with Crippen LogP contribution in [0.25, 0.3) is 0 Å². The van der Waals surface area contributed by atoms with Gasteiger partial charge in [0.2, 0.25) is 0 Å². The first-order valence-corrected chi connectivity index (χ1v) is 11.6. The predicted molar refractivity (Wildman–Crippen MR) is 102 cm³/mol. The van der Waals surface area contributed by atoms with Crippen LogP contribution in [0.5, 0.6) is 5.75 Å². The fraction of sp³-hybridized carbons (Fsp3) is 0.632. The topological polar surface area (TPSA) is 38.8 Å². The van der Waals surface area contributed by atoms with Crippen molar-refractivity contribution in [3.63, 3.8) is 0 Å². The Morgan fingerprint density at radius 2 is 2.04 bits per heavy atom. The summed E-state index contributed by atoms with van der Waals surface area (Å²) in [5.74, 6) is 1.31. The van der Waals surface area contributed by atoms with Crippen molar-refractivity contribution in [3.8, 4) is 5.75 Å². The van der Waals surface area contributed by atoms with Crippen LogP contribution in [-0.4, -0.2) is 41.4 Å². The van der Waals surface area contributed by atoms with Gasteiger partial charge in [0.25, 0.3) is 0 Å². The molecule has 0 N–H and O–H groups in total. The Hall–Kier alpha value is -1.33. The standard InChI is InChI=1S/C19H31NO3Si/c1-19(2,3)24(5,6)23-14-15-9-10-20(12-15)18-11-17(22-4)8-7-16(18)13-21/h7-8,11,13,15H,9-10,12,14H2,1-6H3. The predicted octanol–water partition coefficient (Wildman–Crippen LogP) is 4.36. The molecule has 1 aliphatic rings. The van der Waals surface area contributed by atoms with E-state index in [0.717, 1.165) is 49.4 Å². The molecule has 134 valence electrons. The normalized spacial score (nSPS) is 18.8. The summed E-state index contributed by atoms with van der Waals surface area (Å²) in [6.07, 6.45) is 2.03. The van der Waals surface area contributed by atoms with Gasteiger partial charge in [0, 0.05) is 37.2 Å². The molecule has 1 atom stereocenters. The number of hydrogen-bond donors (Lipinski definition) is 0. The second-order valence-electron chi connectivity index (χ2n) is 8.21. The van der Waals surface area contributed by atoms with Crippen LogP contribution in [0.1, 0.15) is 37.6 Å². The molecule has 1 unspecified atom stereocenters. The molecular formula is C19H31NO3Si. The van der Waals surface area contributed by atoms with Crippen molar-refractivity contribution < 1.29 is 14.0 Å². The highest BCUT2D eigenvalue weighted by molar-refractivity contribution is 6.74. The number of anilines is 1. The highest BCUT2D eigenvalue weighted by atomic mass is 28.4. The highest BCUT2D eigenvalue weighted by Crippen LogP contribution is 2.37. The third-order valence-corrected chi connectivity index (χ3v) is 9.98. The zero-order valence-electron chi connectivity index (χ0n) is 15.9. The van der Waals surface area contributed by atoms with Gasteiger partial charge >= 0.3 is 0 Å². The highest BCUT2D eigenvalue weighted by Gasteiger charge is 2.38. The Balaban J connectivity index is 2.02. The van der Waals surface area contributed by atoms with Gasteiger partial charge in [-0.05, 0) is 36.7 Å². The number of methoxy groups -OCH3 is 1. The van der Waals surface area contributed by atoms with Gasteiger partial charge in [0.15, 0.2) is 14.6 Å². The fourth-order valence-electron chi connectivity index (χ4n) is 2.75. The lowest BCUT2D eigenvalue weighted by molar-refractivity contribution is 0.112. The number of benzene rings is 1. The van der Waals surface area contributed by atoms with Gasteiger partial charge in [-0.15, -0.1) is 0 Å². The zero-order chi connectivity index (χ0) is 18.0. The molecule has 4 nitrogen and oxygen atoms in total. The van der Waals surface area contributed by atoms with Crippen molar-refractivity contribution in [1.82, 2.24) is 0 Å². The maximum Gasteiger partial charge on any atom is 0.191 e. The summed E-state index contributed by atoms with van der Waals surface area (Å²) in [7, 11) is -0.0486. The van der Waals surface area contributed by atoms with Crippen molar-refractivity contribution in [1.29, 1.82) is 0 Å². The van der Waals surface area contributed by atoms with Gasteiger partial charge in [-0.2, -0.15) is 0 Å². The third-order valence-electron chi connectivity index (χ3n) is 5.48. The molecule has 1 heterocycles. The minimum absolute atomic E-state index is 0.239. The van der Waals surface area contributed by atoms with Gasteiger partial charge in [-0.25, -0.2) is 0 Å². The molecule has 5 heteroatoms. The molecule has 0 amide bonds. The number of hydrogen-bond acceptors (Lipinski definition) is 4. The summed E-state index contributed by atoms with van der Waals surface area (Å²) in [5, 5.41) is 0.239. The number of carbonyl (C=O) groups is 1. The van der Waals surface area contributed by atoms with Gasteiger partial charge in [0.1, 0.15) is 5.75 Å². The van der Waals surface area contributed by atoms with Crippen LogP contribution in [-0.2, 0) is 4.43 Å². The van der Waals surface area contributed by atoms with E-state index in [2.05, 4.69) is 38.8 Å². The average molecular weight is 350 g/mol. The molecule has 0 spiro atoms. The lowest BCUT2D eigenvalue weighted by Gasteiger charge is -2.37. The third kappa shape index (κ3) is 4.19. The number of nitrogens with zero attached hydrogens (tertiary/aromatic N) is 1. The van der Waals surface area contributed by atoms with Crippen molar-refractivity contribution >= 4 is 20.3 Å². The number of rotatable bonds is 6. The van der Waals surface area contributed by atoms with Crippen molar-refractivity contribution in [2.75, 3.05) is 31.7 Å². The van der Waals surface area contributed by atoms with Gasteiger partial charge in [0.05, 0.1) is 12.8 Å². The van der Waals surface area contributed by atoms with E-state index in [0.29, 0.717) is 5.92 Å². The molecule has 1 aromatic rings. The monoisotopic (exact) mass is 349 g/mol. The summed E-state index contributed by atoms with van der Waals surface area (Å²) in [6, 6.07) is 5.63. The molecule has 1 aliphatic heterocycles. The molecule has 0 saturated carbocycles. The molecular weight excluding hydrogens is 318 g/mol. The Morgan fingerprint density at radius 1 is 1.33 bits per heavy atom. The summed E-state index contributed by atoms with van der Waals surface area (Å²) in [5.41, 5.74) is 1.70. The summed E-state index contributed by atoms with van der Waals surface area (Å²) < 4.78 is 11.7. The number of carbonyl (C=O) groups excluding carboxylic acids is 1. The van der Waals surface area contributed by atoms with Crippen LogP contribution >= 0.6 is 0 Å². The Bertz CT molecular complexity index is 580. The average Bonchev–Trinajstić information content (AvgIpc) is 3.00. The molecule has 2 rings (SSSR count). The first kappa shape index (κ1) is 19.0. The second-order valence-corrected chi connectivity index (χ2v) is 13.0. The van der Waals surface area contributed by atoms with E-state index in [1.165, 1.54) is 0 Å². The van der Waals surface area contributed by atoms with Gasteiger partial charge < -0.3 is 14.1 Å². The molecule has 1 aromatic carbocycles. The van der Waals surface area contributed by atoms with E-state index in [1.54, 1.807) is 7.11 Å². The molecule has 1 fully saturated rings. The maximum absolute atomic E-state index is 11.3.